The minimum Gasteiger partial charge on any atom is -0.478 e. The maximum atomic E-state index is 12.0. The number of hydrogen-bond acceptors (Lipinski definition) is 2. The third-order valence-electron chi connectivity index (χ3n) is 5.56. The summed E-state index contributed by atoms with van der Waals surface area (Å²) in [4.78, 5) is 12.0. The number of hydrogen-bond donors (Lipinski definition) is 2. The highest BCUT2D eigenvalue weighted by atomic mass is 16.4. The fourth-order valence-corrected chi connectivity index (χ4v) is 3.76. The lowest BCUT2D eigenvalue weighted by Crippen LogP contribution is -2.16. The smallest absolute Gasteiger partial charge is 0.337 e. The van der Waals surface area contributed by atoms with Gasteiger partial charge in [0.2, 0.25) is 0 Å². The Balaban J connectivity index is 1.84. The van der Waals surface area contributed by atoms with Crippen LogP contribution >= 0.6 is 0 Å². The van der Waals surface area contributed by atoms with Crippen LogP contribution in [0.15, 0.2) is 55.1 Å². The molecule has 0 unspecified atom stereocenters. The van der Waals surface area contributed by atoms with Gasteiger partial charge in [0, 0.05) is 36.6 Å². The Morgan fingerprint density at radius 3 is 2.34 bits per heavy atom. The van der Waals surface area contributed by atoms with Crippen molar-refractivity contribution in [2.45, 2.75) is 40.4 Å². The standard InChI is InChI=1S/C25H28N2O2/c1-5-20-10-12-21(13-11-20)16-27-18(3)23(24(19(27)4)25(28)29)15-26-14-22-9-7-6-8-17(22)2/h5-13,26H,1,14-16H2,2-4H3,(H,28,29). The van der Waals surface area contributed by atoms with Gasteiger partial charge in [-0.2, -0.15) is 0 Å². The van der Waals surface area contributed by atoms with Gasteiger partial charge in [-0.15, -0.1) is 0 Å². The van der Waals surface area contributed by atoms with E-state index >= 15 is 0 Å². The third kappa shape index (κ3) is 4.49. The Kier molecular flexibility index (Phi) is 6.35. The molecule has 150 valence electrons. The van der Waals surface area contributed by atoms with Crippen LogP contribution in [0, 0.1) is 20.8 Å². The molecule has 0 aliphatic heterocycles. The summed E-state index contributed by atoms with van der Waals surface area (Å²) in [6, 6.07) is 16.4. The number of benzene rings is 2. The van der Waals surface area contributed by atoms with E-state index in [2.05, 4.69) is 47.7 Å². The highest BCUT2D eigenvalue weighted by molar-refractivity contribution is 5.91. The first-order valence-electron chi connectivity index (χ1n) is 9.80. The van der Waals surface area contributed by atoms with E-state index in [4.69, 9.17) is 0 Å². The van der Waals surface area contributed by atoms with E-state index in [-0.39, 0.29) is 0 Å². The molecule has 3 rings (SSSR count). The summed E-state index contributed by atoms with van der Waals surface area (Å²) in [5.41, 5.74) is 7.69. The summed E-state index contributed by atoms with van der Waals surface area (Å²) >= 11 is 0. The Labute approximate surface area is 172 Å². The van der Waals surface area contributed by atoms with E-state index in [1.807, 2.05) is 44.2 Å². The SMILES string of the molecule is C=Cc1ccc(Cn2c(C)c(CNCc3ccccc3C)c(C(=O)O)c2C)cc1. The van der Waals surface area contributed by atoms with Crippen molar-refractivity contribution in [3.63, 3.8) is 0 Å². The monoisotopic (exact) mass is 388 g/mol. The fourth-order valence-electron chi connectivity index (χ4n) is 3.76. The molecular formula is C25H28N2O2. The van der Waals surface area contributed by atoms with Gasteiger partial charge in [0.1, 0.15) is 0 Å². The van der Waals surface area contributed by atoms with Crippen LogP contribution in [0.3, 0.4) is 0 Å². The van der Waals surface area contributed by atoms with Crippen molar-refractivity contribution in [1.29, 1.82) is 0 Å². The molecule has 1 heterocycles. The second kappa shape index (κ2) is 8.93. The molecule has 2 aromatic carbocycles. The molecule has 0 aliphatic carbocycles. The molecule has 0 saturated carbocycles. The molecule has 29 heavy (non-hydrogen) atoms. The number of rotatable bonds is 8. The number of nitrogens with one attached hydrogen (secondary N) is 1. The van der Waals surface area contributed by atoms with E-state index in [0.717, 1.165) is 28.1 Å². The molecule has 0 atom stereocenters. The van der Waals surface area contributed by atoms with Crippen LogP contribution in [0.5, 0.6) is 0 Å². The summed E-state index contributed by atoms with van der Waals surface area (Å²) in [5.74, 6) is -0.876. The molecule has 0 amide bonds. The largest absolute Gasteiger partial charge is 0.478 e. The van der Waals surface area contributed by atoms with E-state index in [9.17, 15) is 9.90 Å². The maximum Gasteiger partial charge on any atom is 0.337 e. The van der Waals surface area contributed by atoms with Crippen molar-refractivity contribution >= 4 is 12.0 Å². The number of carbonyl (C=O) groups is 1. The lowest BCUT2D eigenvalue weighted by atomic mass is 10.1. The highest BCUT2D eigenvalue weighted by Crippen LogP contribution is 2.24. The van der Waals surface area contributed by atoms with Crippen LogP contribution in [0.4, 0.5) is 0 Å². The minimum absolute atomic E-state index is 0.405. The molecule has 0 fully saturated rings. The molecule has 0 spiro atoms. The van der Waals surface area contributed by atoms with Crippen LogP contribution in [0.2, 0.25) is 0 Å². The van der Waals surface area contributed by atoms with Crippen LogP contribution < -0.4 is 5.32 Å². The Bertz CT molecular complexity index is 1030. The van der Waals surface area contributed by atoms with Gasteiger partial charge in [-0.3, -0.25) is 0 Å². The summed E-state index contributed by atoms with van der Waals surface area (Å²) < 4.78 is 2.09. The van der Waals surface area contributed by atoms with E-state index < -0.39 is 5.97 Å². The van der Waals surface area contributed by atoms with Gasteiger partial charge in [-0.1, -0.05) is 61.2 Å². The second-order valence-corrected chi connectivity index (χ2v) is 7.39. The first-order chi connectivity index (χ1) is 13.9. The highest BCUT2D eigenvalue weighted by Gasteiger charge is 2.22. The Morgan fingerprint density at radius 2 is 1.72 bits per heavy atom. The second-order valence-electron chi connectivity index (χ2n) is 7.39. The quantitative estimate of drug-likeness (QED) is 0.565. The zero-order chi connectivity index (χ0) is 21.0. The molecule has 0 saturated heterocycles. The number of carboxylic acid groups (broad SMARTS) is 1. The first-order valence-corrected chi connectivity index (χ1v) is 9.80. The lowest BCUT2D eigenvalue weighted by Gasteiger charge is -2.11. The fraction of sp³-hybridized carbons (Fsp3) is 0.240. The van der Waals surface area contributed by atoms with Crippen LogP contribution in [-0.2, 0) is 19.6 Å². The number of aryl methyl sites for hydroxylation is 1. The average Bonchev–Trinajstić information content (AvgIpc) is 2.94. The van der Waals surface area contributed by atoms with Crippen molar-refractivity contribution in [3.8, 4) is 0 Å². The van der Waals surface area contributed by atoms with Crippen LogP contribution in [0.1, 0.15) is 49.6 Å². The van der Waals surface area contributed by atoms with Crippen molar-refractivity contribution in [2.75, 3.05) is 0 Å². The number of carboxylic acids is 1. The minimum atomic E-state index is -0.876. The topological polar surface area (TPSA) is 54.3 Å². The van der Waals surface area contributed by atoms with Crippen molar-refractivity contribution in [2.24, 2.45) is 0 Å². The molecule has 0 bridgehead atoms. The summed E-state index contributed by atoms with van der Waals surface area (Å²) in [5, 5.41) is 13.3. The van der Waals surface area contributed by atoms with Gasteiger partial charge >= 0.3 is 5.97 Å². The van der Waals surface area contributed by atoms with Crippen LogP contribution in [0.25, 0.3) is 6.08 Å². The van der Waals surface area contributed by atoms with Gasteiger partial charge in [-0.25, -0.2) is 4.79 Å². The summed E-state index contributed by atoms with van der Waals surface area (Å²) in [6.45, 7) is 11.6. The molecule has 4 nitrogen and oxygen atoms in total. The van der Waals surface area contributed by atoms with E-state index in [0.29, 0.717) is 25.2 Å². The summed E-state index contributed by atoms with van der Waals surface area (Å²) in [6.07, 6.45) is 1.82. The third-order valence-corrected chi connectivity index (χ3v) is 5.56. The molecule has 4 heteroatoms. The molecule has 1 aromatic heterocycles. The summed E-state index contributed by atoms with van der Waals surface area (Å²) in [7, 11) is 0. The number of aromatic carboxylic acids is 1. The molecule has 2 N–H and O–H groups in total. The number of aromatic nitrogens is 1. The van der Waals surface area contributed by atoms with Crippen molar-refractivity contribution in [1.82, 2.24) is 9.88 Å². The molecule has 3 aromatic rings. The Hall–Kier alpha value is -3.11. The van der Waals surface area contributed by atoms with Gasteiger partial charge in [0.25, 0.3) is 0 Å². The molecular weight excluding hydrogens is 360 g/mol. The first kappa shape index (κ1) is 20.6. The van der Waals surface area contributed by atoms with Gasteiger partial charge in [0.05, 0.1) is 5.56 Å². The maximum absolute atomic E-state index is 12.0. The Morgan fingerprint density at radius 1 is 1.03 bits per heavy atom. The normalized spacial score (nSPS) is 10.9. The predicted molar refractivity (Wildman–Crippen MR) is 118 cm³/mol. The molecule has 0 aliphatic rings. The van der Waals surface area contributed by atoms with Gasteiger partial charge in [0.15, 0.2) is 0 Å². The molecule has 0 radical (unpaired) electrons. The van der Waals surface area contributed by atoms with Crippen molar-refractivity contribution in [3.05, 3.63) is 99.9 Å². The van der Waals surface area contributed by atoms with Crippen molar-refractivity contribution < 1.29 is 9.90 Å². The van der Waals surface area contributed by atoms with Crippen LogP contribution in [-0.4, -0.2) is 15.6 Å². The van der Waals surface area contributed by atoms with Gasteiger partial charge in [-0.05, 0) is 43.0 Å². The zero-order valence-electron chi connectivity index (χ0n) is 17.3. The average molecular weight is 389 g/mol. The van der Waals surface area contributed by atoms with Gasteiger partial charge < -0.3 is 15.0 Å². The lowest BCUT2D eigenvalue weighted by molar-refractivity contribution is 0.0694. The van der Waals surface area contributed by atoms with E-state index in [1.165, 1.54) is 11.1 Å². The number of nitrogens with zero attached hydrogens (tertiary/aromatic N) is 1. The van der Waals surface area contributed by atoms with E-state index in [1.54, 1.807) is 0 Å². The zero-order valence-corrected chi connectivity index (χ0v) is 17.3. The predicted octanol–water partition coefficient (Wildman–Crippen LogP) is 5.09.